The van der Waals surface area contributed by atoms with Crippen molar-refractivity contribution in [3.05, 3.63) is 66.0 Å². The first kappa shape index (κ1) is 16.4. The third-order valence-corrected chi connectivity index (χ3v) is 5.30. The van der Waals surface area contributed by atoms with Gasteiger partial charge < -0.3 is 4.74 Å². The number of aryl methyl sites for hydroxylation is 1. The minimum Gasteiger partial charge on any atom is -0.380 e. The molecule has 1 aromatic heterocycles. The van der Waals surface area contributed by atoms with Gasteiger partial charge in [-0.25, -0.2) is 8.42 Å². The van der Waals surface area contributed by atoms with E-state index in [0.717, 1.165) is 16.5 Å². The summed E-state index contributed by atoms with van der Waals surface area (Å²) in [6.07, 6.45) is 3.21. The number of methoxy groups -OCH3 is 1. The molecule has 0 atom stereocenters. The molecule has 0 unspecified atom stereocenters. The van der Waals surface area contributed by atoms with Crippen molar-refractivity contribution >= 4 is 26.5 Å². The quantitative estimate of drug-likeness (QED) is 0.771. The Labute approximate surface area is 141 Å². The van der Waals surface area contributed by atoms with Crippen molar-refractivity contribution in [3.63, 3.8) is 0 Å². The summed E-state index contributed by atoms with van der Waals surface area (Å²) in [5.41, 5.74) is 2.32. The number of fused-ring (bicyclic) bond motifs is 1. The fourth-order valence-electron chi connectivity index (χ4n) is 2.65. The predicted molar refractivity (Wildman–Crippen MR) is 94.4 cm³/mol. The second-order valence-electron chi connectivity index (χ2n) is 5.49. The lowest BCUT2D eigenvalue weighted by Gasteiger charge is -2.15. The van der Waals surface area contributed by atoms with Gasteiger partial charge in [-0.3, -0.25) is 9.71 Å². The number of nitrogens with zero attached hydrogens (tertiary/aromatic N) is 1. The van der Waals surface area contributed by atoms with Crippen LogP contribution in [0.5, 0.6) is 0 Å². The zero-order chi connectivity index (χ0) is 17.2. The number of rotatable bonds is 5. The van der Waals surface area contributed by atoms with Crippen molar-refractivity contribution in [2.45, 2.75) is 18.4 Å². The Kier molecular flexibility index (Phi) is 4.51. The lowest BCUT2D eigenvalue weighted by molar-refractivity contribution is 0.185. The SMILES string of the molecule is COCc1c(C)cccc1NS(=O)(=O)c1cccc2ccncc12. The Bertz CT molecular complexity index is 979. The molecular weight excluding hydrogens is 324 g/mol. The average molecular weight is 342 g/mol. The molecule has 1 heterocycles. The maximum absolute atomic E-state index is 12.9. The van der Waals surface area contributed by atoms with E-state index >= 15 is 0 Å². The van der Waals surface area contributed by atoms with E-state index in [9.17, 15) is 8.42 Å². The smallest absolute Gasteiger partial charge is 0.262 e. The van der Waals surface area contributed by atoms with Gasteiger partial charge in [0.15, 0.2) is 0 Å². The van der Waals surface area contributed by atoms with Crippen LogP contribution in [0.25, 0.3) is 10.8 Å². The molecule has 6 heteroatoms. The van der Waals surface area contributed by atoms with Crippen molar-refractivity contribution in [3.8, 4) is 0 Å². The highest BCUT2D eigenvalue weighted by Crippen LogP contribution is 2.27. The molecule has 0 amide bonds. The highest BCUT2D eigenvalue weighted by molar-refractivity contribution is 7.93. The summed E-state index contributed by atoms with van der Waals surface area (Å²) in [5.74, 6) is 0. The Morgan fingerprint density at radius 1 is 1.12 bits per heavy atom. The molecule has 0 radical (unpaired) electrons. The van der Waals surface area contributed by atoms with Crippen LogP contribution < -0.4 is 4.72 Å². The van der Waals surface area contributed by atoms with Crippen molar-refractivity contribution in [1.82, 2.24) is 4.98 Å². The number of nitrogens with one attached hydrogen (secondary N) is 1. The Morgan fingerprint density at radius 2 is 1.92 bits per heavy atom. The summed E-state index contributed by atoms with van der Waals surface area (Å²) >= 11 is 0. The molecule has 0 fully saturated rings. The lowest BCUT2D eigenvalue weighted by Crippen LogP contribution is -2.15. The van der Waals surface area contributed by atoms with Crippen LogP contribution in [0.4, 0.5) is 5.69 Å². The molecule has 124 valence electrons. The molecule has 0 aliphatic carbocycles. The van der Waals surface area contributed by atoms with E-state index in [4.69, 9.17) is 4.74 Å². The van der Waals surface area contributed by atoms with Crippen molar-refractivity contribution in [2.24, 2.45) is 0 Å². The Balaban J connectivity index is 2.08. The normalized spacial score (nSPS) is 11.6. The fourth-order valence-corrected chi connectivity index (χ4v) is 3.96. The Morgan fingerprint density at radius 3 is 2.71 bits per heavy atom. The average Bonchev–Trinajstić information content (AvgIpc) is 2.57. The van der Waals surface area contributed by atoms with E-state index in [-0.39, 0.29) is 4.90 Å². The molecule has 3 rings (SSSR count). The third-order valence-electron chi connectivity index (χ3n) is 3.88. The minimum atomic E-state index is -3.74. The monoisotopic (exact) mass is 342 g/mol. The molecule has 0 saturated heterocycles. The number of sulfonamides is 1. The summed E-state index contributed by atoms with van der Waals surface area (Å²) in [6, 6.07) is 12.4. The molecule has 0 saturated carbocycles. The molecule has 24 heavy (non-hydrogen) atoms. The minimum absolute atomic E-state index is 0.206. The van der Waals surface area contributed by atoms with Crippen LogP contribution in [0.2, 0.25) is 0 Å². The molecule has 5 nitrogen and oxygen atoms in total. The summed E-state index contributed by atoms with van der Waals surface area (Å²) in [6.45, 7) is 2.26. The Hall–Kier alpha value is -2.44. The van der Waals surface area contributed by atoms with Gasteiger partial charge in [-0.2, -0.15) is 0 Å². The van der Waals surface area contributed by atoms with E-state index in [2.05, 4.69) is 9.71 Å². The van der Waals surface area contributed by atoms with Crippen LogP contribution in [-0.2, 0) is 21.4 Å². The van der Waals surface area contributed by atoms with E-state index in [1.54, 1.807) is 43.8 Å². The number of anilines is 1. The lowest BCUT2D eigenvalue weighted by atomic mass is 10.1. The topological polar surface area (TPSA) is 68.3 Å². The van der Waals surface area contributed by atoms with Crippen LogP contribution in [0.15, 0.2) is 59.8 Å². The van der Waals surface area contributed by atoms with E-state index < -0.39 is 10.0 Å². The maximum atomic E-state index is 12.9. The van der Waals surface area contributed by atoms with Gasteiger partial charge in [0, 0.05) is 30.5 Å². The standard InChI is InChI=1S/C18H18N2O3S/c1-13-5-3-7-17(16(13)12-23-2)20-24(21,22)18-8-4-6-14-9-10-19-11-15(14)18/h3-11,20H,12H2,1-2H3. The third kappa shape index (κ3) is 3.11. The largest absolute Gasteiger partial charge is 0.380 e. The van der Waals surface area contributed by atoms with Gasteiger partial charge in [-0.1, -0.05) is 24.3 Å². The number of hydrogen-bond donors (Lipinski definition) is 1. The van der Waals surface area contributed by atoms with Gasteiger partial charge in [0.05, 0.1) is 17.2 Å². The van der Waals surface area contributed by atoms with Gasteiger partial charge in [0.2, 0.25) is 0 Å². The first-order chi connectivity index (χ1) is 11.5. The van der Waals surface area contributed by atoms with Gasteiger partial charge in [-0.15, -0.1) is 0 Å². The van der Waals surface area contributed by atoms with E-state index in [1.165, 1.54) is 0 Å². The van der Waals surface area contributed by atoms with Crippen molar-refractivity contribution in [2.75, 3.05) is 11.8 Å². The number of benzene rings is 2. The predicted octanol–water partition coefficient (Wildman–Crippen LogP) is 3.49. The molecule has 0 aliphatic rings. The maximum Gasteiger partial charge on any atom is 0.262 e. The molecule has 1 N–H and O–H groups in total. The summed E-state index contributed by atoms with van der Waals surface area (Å²) in [4.78, 5) is 4.25. The van der Waals surface area contributed by atoms with Crippen LogP contribution in [0.1, 0.15) is 11.1 Å². The fraction of sp³-hybridized carbons (Fsp3) is 0.167. The van der Waals surface area contributed by atoms with Crippen LogP contribution in [0.3, 0.4) is 0 Å². The zero-order valence-electron chi connectivity index (χ0n) is 13.5. The number of hydrogen-bond acceptors (Lipinski definition) is 4. The zero-order valence-corrected chi connectivity index (χ0v) is 14.3. The number of pyridine rings is 1. The first-order valence-electron chi connectivity index (χ1n) is 7.46. The van der Waals surface area contributed by atoms with E-state index in [1.807, 2.05) is 25.1 Å². The summed E-state index contributed by atoms with van der Waals surface area (Å²) in [5, 5.41) is 1.42. The van der Waals surface area contributed by atoms with Gasteiger partial charge in [-0.05, 0) is 36.1 Å². The van der Waals surface area contributed by atoms with E-state index in [0.29, 0.717) is 17.7 Å². The molecular formula is C18H18N2O3S. The first-order valence-corrected chi connectivity index (χ1v) is 8.94. The van der Waals surface area contributed by atoms with Crippen LogP contribution >= 0.6 is 0 Å². The molecule has 2 aromatic carbocycles. The van der Waals surface area contributed by atoms with Crippen LogP contribution in [-0.4, -0.2) is 20.5 Å². The van der Waals surface area contributed by atoms with Gasteiger partial charge in [0.25, 0.3) is 10.0 Å². The summed E-state index contributed by atoms with van der Waals surface area (Å²) < 4.78 is 33.7. The van der Waals surface area contributed by atoms with Crippen LogP contribution in [0, 0.1) is 6.92 Å². The molecule has 3 aromatic rings. The van der Waals surface area contributed by atoms with Crippen molar-refractivity contribution in [1.29, 1.82) is 0 Å². The molecule has 0 spiro atoms. The van der Waals surface area contributed by atoms with Gasteiger partial charge in [0.1, 0.15) is 0 Å². The highest BCUT2D eigenvalue weighted by Gasteiger charge is 2.19. The molecule has 0 aliphatic heterocycles. The highest BCUT2D eigenvalue weighted by atomic mass is 32.2. The second-order valence-corrected chi connectivity index (χ2v) is 7.14. The second kappa shape index (κ2) is 6.59. The number of ether oxygens (including phenoxy) is 1. The molecule has 0 bridgehead atoms. The van der Waals surface area contributed by atoms with Crippen molar-refractivity contribution < 1.29 is 13.2 Å². The number of aromatic nitrogens is 1. The summed E-state index contributed by atoms with van der Waals surface area (Å²) in [7, 11) is -2.16. The van der Waals surface area contributed by atoms with Gasteiger partial charge >= 0.3 is 0 Å².